The Labute approximate surface area is 114 Å². The van der Waals surface area contributed by atoms with Gasteiger partial charge in [-0.3, -0.25) is 0 Å². The molecule has 1 aromatic carbocycles. The van der Waals surface area contributed by atoms with Crippen LogP contribution in [0.15, 0.2) is 36.4 Å². The van der Waals surface area contributed by atoms with Crippen LogP contribution < -0.4 is 5.32 Å². The van der Waals surface area contributed by atoms with Gasteiger partial charge >= 0.3 is 0 Å². The SMILES string of the molecule is CCNC(Cc1cccc(C)c1)c1ccc(C)s1. The molecule has 0 radical (unpaired) electrons. The van der Waals surface area contributed by atoms with E-state index in [2.05, 4.69) is 62.5 Å². The molecule has 0 aliphatic carbocycles. The first-order chi connectivity index (χ1) is 8.69. The third-order valence-corrected chi connectivity index (χ3v) is 4.19. The lowest BCUT2D eigenvalue weighted by Crippen LogP contribution is -2.22. The number of hydrogen-bond acceptors (Lipinski definition) is 2. The van der Waals surface area contributed by atoms with Crippen LogP contribution in [0.2, 0.25) is 0 Å². The predicted octanol–water partition coefficient (Wildman–Crippen LogP) is 4.26. The summed E-state index contributed by atoms with van der Waals surface area (Å²) in [5, 5.41) is 3.59. The minimum atomic E-state index is 0.440. The first-order valence-electron chi connectivity index (χ1n) is 6.54. The lowest BCUT2D eigenvalue weighted by molar-refractivity contribution is 0.558. The van der Waals surface area contributed by atoms with E-state index < -0.39 is 0 Å². The fourth-order valence-electron chi connectivity index (χ4n) is 2.24. The van der Waals surface area contributed by atoms with Crippen LogP contribution in [-0.4, -0.2) is 6.54 Å². The van der Waals surface area contributed by atoms with Crippen molar-refractivity contribution in [1.29, 1.82) is 0 Å². The third-order valence-electron chi connectivity index (χ3n) is 3.08. The highest BCUT2D eigenvalue weighted by Gasteiger charge is 2.12. The summed E-state index contributed by atoms with van der Waals surface area (Å²) < 4.78 is 0. The average molecular weight is 259 g/mol. The summed E-state index contributed by atoms with van der Waals surface area (Å²) in [5.74, 6) is 0. The summed E-state index contributed by atoms with van der Waals surface area (Å²) in [4.78, 5) is 2.83. The van der Waals surface area contributed by atoms with Gasteiger partial charge in [-0.2, -0.15) is 0 Å². The van der Waals surface area contributed by atoms with Crippen molar-refractivity contribution in [2.45, 2.75) is 33.2 Å². The standard InChI is InChI=1S/C16H21NS/c1-4-17-15(16-9-8-13(3)18-16)11-14-7-5-6-12(2)10-14/h5-10,15,17H,4,11H2,1-3H3. The normalized spacial score (nSPS) is 12.6. The molecule has 1 atom stereocenters. The van der Waals surface area contributed by atoms with Gasteiger partial charge in [0.1, 0.15) is 0 Å². The quantitative estimate of drug-likeness (QED) is 0.846. The Kier molecular flexibility index (Phi) is 4.56. The van der Waals surface area contributed by atoms with Gasteiger partial charge in [0.25, 0.3) is 0 Å². The molecule has 1 heterocycles. The molecule has 1 aromatic heterocycles. The van der Waals surface area contributed by atoms with Gasteiger partial charge in [-0.05, 0) is 44.5 Å². The van der Waals surface area contributed by atoms with Crippen LogP contribution in [0.1, 0.15) is 33.8 Å². The third kappa shape index (κ3) is 3.44. The van der Waals surface area contributed by atoms with E-state index in [9.17, 15) is 0 Å². The lowest BCUT2D eigenvalue weighted by Gasteiger charge is -2.16. The van der Waals surface area contributed by atoms with Crippen LogP contribution in [0.5, 0.6) is 0 Å². The molecule has 0 aliphatic rings. The molecular formula is C16H21NS. The molecule has 0 saturated heterocycles. The van der Waals surface area contributed by atoms with Crippen LogP contribution in [0.25, 0.3) is 0 Å². The van der Waals surface area contributed by atoms with Crippen LogP contribution >= 0.6 is 11.3 Å². The number of nitrogens with one attached hydrogen (secondary N) is 1. The van der Waals surface area contributed by atoms with E-state index in [4.69, 9.17) is 0 Å². The molecule has 0 fully saturated rings. The summed E-state index contributed by atoms with van der Waals surface area (Å²) in [6, 6.07) is 13.7. The van der Waals surface area contributed by atoms with E-state index in [-0.39, 0.29) is 0 Å². The topological polar surface area (TPSA) is 12.0 Å². The number of thiophene rings is 1. The first-order valence-corrected chi connectivity index (χ1v) is 7.36. The maximum atomic E-state index is 3.59. The maximum Gasteiger partial charge on any atom is 0.0455 e. The molecule has 0 spiro atoms. The molecule has 2 heteroatoms. The molecule has 2 rings (SSSR count). The largest absolute Gasteiger partial charge is 0.309 e. The van der Waals surface area contributed by atoms with Gasteiger partial charge < -0.3 is 5.32 Å². The zero-order valence-corrected chi connectivity index (χ0v) is 12.2. The number of aryl methyl sites for hydroxylation is 2. The first kappa shape index (κ1) is 13.3. The highest BCUT2D eigenvalue weighted by Crippen LogP contribution is 2.25. The molecule has 0 amide bonds. The molecule has 18 heavy (non-hydrogen) atoms. The number of rotatable bonds is 5. The van der Waals surface area contributed by atoms with Crippen molar-refractivity contribution in [2.75, 3.05) is 6.54 Å². The van der Waals surface area contributed by atoms with E-state index in [1.54, 1.807) is 0 Å². The van der Waals surface area contributed by atoms with Gasteiger partial charge in [-0.1, -0.05) is 36.8 Å². The number of hydrogen-bond donors (Lipinski definition) is 1. The van der Waals surface area contributed by atoms with Crippen molar-refractivity contribution >= 4 is 11.3 Å². The highest BCUT2D eigenvalue weighted by atomic mass is 32.1. The van der Waals surface area contributed by atoms with Crippen LogP contribution in [0.3, 0.4) is 0 Å². The van der Waals surface area contributed by atoms with Crippen molar-refractivity contribution < 1.29 is 0 Å². The Balaban J connectivity index is 2.16. The van der Waals surface area contributed by atoms with Crippen LogP contribution in [0.4, 0.5) is 0 Å². The molecule has 1 N–H and O–H groups in total. The van der Waals surface area contributed by atoms with E-state index in [0.29, 0.717) is 6.04 Å². The minimum Gasteiger partial charge on any atom is -0.309 e. The van der Waals surface area contributed by atoms with Crippen molar-refractivity contribution in [3.05, 3.63) is 57.3 Å². The van der Waals surface area contributed by atoms with E-state index in [0.717, 1.165) is 13.0 Å². The summed E-state index contributed by atoms with van der Waals surface area (Å²) in [5.41, 5.74) is 2.75. The molecule has 1 unspecified atom stereocenters. The Morgan fingerprint density at radius 1 is 1.17 bits per heavy atom. The second kappa shape index (κ2) is 6.17. The van der Waals surface area contributed by atoms with Crippen molar-refractivity contribution in [3.8, 4) is 0 Å². The summed E-state index contributed by atoms with van der Waals surface area (Å²) >= 11 is 1.90. The zero-order chi connectivity index (χ0) is 13.0. The second-order valence-electron chi connectivity index (χ2n) is 4.75. The lowest BCUT2D eigenvalue weighted by atomic mass is 10.0. The molecule has 2 aromatic rings. The van der Waals surface area contributed by atoms with E-state index >= 15 is 0 Å². The minimum absolute atomic E-state index is 0.440. The van der Waals surface area contributed by atoms with Crippen LogP contribution in [0, 0.1) is 13.8 Å². The van der Waals surface area contributed by atoms with Crippen LogP contribution in [-0.2, 0) is 6.42 Å². The molecule has 0 bridgehead atoms. The van der Waals surface area contributed by atoms with Crippen molar-refractivity contribution in [3.63, 3.8) is 0 Å². The Morgan fingerprint density at radius 2 is 2.00 bits per heavy atom. The second-order valence-corrected chi connectivity index (χ2v) is 6.07. The fourth-order valence-corrected chi connectivity index (χ4v) is 3.19. The molecule has 0 saturated carbocycles. The van der Waals surface area contributed by atoms with Gasteiger partial charge in [0.05, 0.1) is 0 Å². The van der Waals surface area contributed by atoms with Gasteiger partial charge in [0.2, 0.25) is 0 Å². The van der Waals surface area contributed by atoms with Gasteiger partial charge in [-0.25, -0.2) is 0 Å². The number of likely N-dealkylation sites (N-methyl/N-ethyl adjacent to an activating group) is 1. The van der Waals surface area contributed by atoms with Crippen molar-refractivity contribution in [1.82, 2.24) is 5.32 Å². The van der Waals surface area contributed by atoms with Gasteiger partial charge in [0.15, 0.2) is 0 Å². The fraction of sp³-hybridized carbons (Fsp3) is 0.375. The maximum absolute atomic E-state index is 3.59. The Morgan fingerprint density at radius 3 is 2.61 bits per heavy atom. The summed E-state index contributed by atoms with van der Waals surface area (Å²) in [7, 11) is 0. The molecular weight excluding hydrogens is 238 g/mol. The molecule has 96 valence electrons. The monoisotopic (exact) mass is 259 g/mol. The summed E-state index contributed by atoms with van der Waals surface area (Å²) in [6.07, 6.45) is 1.06. The Hall–Kier alpha value is -1.12. The van der Waals surface area contributed by atoms with E-state index in [1.807, 2.05) is 11.3 Å². The Bertz CT molecular complexity index is 501. The highest BCUT2D eigenvalue weighted by molar-refractivity contribution is 7.12. The van der Waals surface area contributed by atoms with Gasteiger partial charge in [-0.15, -0.1) is 11.3 Å². The van der Waals surface area contributed by atoms with E-state index in [1.165, 1.54) is 20.9 Å². The summed E-state index contributed by atoms with van der Waals surface area (Å²) in [6.45, 7) is 7.50. The molecule has 1 nitrogen and oxygen atoms in total. The molecule has 0 aliphatic heterocycles. The zero-order valence-electron chi connectivity index (χ0n) is 11.4. The number of benzene rings is 1. The average Bonchev–Trinajstić information content (AvgIpc) is 2.75. The smallest absolute Gasteiger partial charge is 0.0455 e. The predicted molar refractivity (Wildman–Crippen MR) is 80.4 cm³/mol. The van der Waals surface area contributed by atoms with Crippen molar-refractivity contribution in [2.24, 2.45) is 0 Å². The van der Waals surface area contributed by atoms with Gasteiger partial charge in [0, 0.05) is 15.8 Å².